The molecule has 0 spiro atoms. The number of carbonyl (C=O) groups is 1. The average Bonchev–Trinajstić information content (AvgIpc) is 2.94. The van der Waals surface area contributed by atoms with Crippen molar-refractivity contribution in [2.75, 3.05) is 5.32 Å². The van der Waals surface area contributed by atoms with Gasteiger partial charge in [-0.2, -0.15) is 5.26 Å². The lowest BCUT2D eigenvalue weighted by molar-refractivity contribution is 0.251. The molecule has 2 rings (SSSR count). The van der Waals surface area contributed by atoms with E-state index in [-0.39, 0.29) is 12.4 Å². The SMILES string of the molecule is CC(N)(C#N)c1csc(NC(=O)NCc2cccc(F)c2)n1. The smallest absolute Gasteiger partial charge is 0.321 e. The number of nitrogens with one attached hydrogen (secondary N) is 2. The fourth-order valence-corrected chi connectivity index (χ4v) is 2.42. The topological polar surface area (TPSA) is 104 Å². The van der Waals surface area contributed by atoms with E-state index in [2.05, 4.69) is 15.6 Å². The Labute approximate surface area is 130 Å². The van der Waals surface area contributed by atoms with E-state index in [9.17, 15) is 9.18 Å². The molecule has 22 heavy (non-hydrogen) atoms. The van der Waals surface area contributed by atoms with Gasteiger partial charge in [0, 0.05) is 11.9 Å². The number of amides is 2. The fourth-order valence-electron chi connectivity index (χ4n) is 1.60. The third kappa shape index (κ3) is 4.00. The maximum atomic E-state index is 13.0. The van der Waals surface area contributed by atoms with Crippen LogP contribution in [0.4, 0.5) is 14.3 Å². The molecule has 1 heterocycles. The molecule has 0 fully saturated rings. The third-order valence-electron chi connectivity index (χ3n) is 2.83. The summed E-state index contributed by atoms with van der Waals surface area (Å²) in [6.45, 7) is 1.73. The first-order valence-electron chi connectivity index (χ1n) is 6.36. The molecular weight excluding hydrogens is 305 g/mol. The van der Waals surface area contributed by atoms with E-state index >= 15 is 0 Å². The van der Waals surface area contributed by atoms with E-state index < -0.39 is 11.6 Å². The number of halogens is 1. The lowest BCUT2D eigenvalue weighted by Crippen LogP contribution is -2.31. The van der Waals surface area contributed by atoms with Crippen LogP contribution in [-0.4, -0.2) is 11.0 Å². The zero-order chi connectivity index (χ0) is 16.2. The monoisotopic (exact) mass is 319 g/mol. The maximum absolute atomic E-state index is 13.0. The van der Waals surface area contributed by atoms with Gasteiger partial charge in [0.15, 0.2) is 5.13 Å². The molecule has 1 aromatic carbocycles. The second kappa shape index (κ2) is 6.51. The predicted molar refractivity (Wildman–Crippen MR) is 81.5 cm³/mol. The molecule has 0 saturated carbocycles. The van der Waals surface area contributed by atoms with Crippen molar-refractivity contribution in [2.45, 2.75) is 19.0 Å². The van der Waals surface area contributed by atoms with Crippen LogP contribution in [0.1, 0.15) is 18.2 Å². The Morgan fingerprint density at radius 3 is 3.05 bits per heavy atom. The number of nitrogens with two attached hydrogens (primary N) is 1. The zero-order valence-corrected chi connectivity index (χ0v) is 12.6. The standard InChI is InChI=1S/C14H14FN5OS/c1-14(17,8-16)11-7-22-13(19-11)20-12(21)18-6-9-3-2-4-10(15)5-9/h2-5,7H,6,17H2,1H3,(H2,18,19,20,21). The largest absolute Gasteiger partial charge is 0.334 e. The number of carbonyl (C=O) groups excluding carboxylic acids is 1. The van der Waals surface area contributed by atoms with Crippen LogP contribution in [0.2, 0.25) is 0 Å². The van der Waals surface area contributed by atoms with Crippen LogP contribution >= 0.6 is 11.3 Å². The van der Waals surface area contributed by atoms with Gasteiger partial charge in [-0.05, 0) is 24.6 Å². The average molecular weight is 319 g/mol. The van der Waals surface area contributed by atoms with Gasteiger partial charge in [0.25, 0.3) is 0 Å². The number of hydrogen-bond donors (Lipinski definition) is 3. The fraction of sp³-hybridized carbons (Fsp3) is 0.214. The molecule has 8 heteroatoms. The summed E-state index contributed by atoms with van der Waals surface area (Å²) in [7, 11) is 0. The third-order valence-corrected chi connectivity index (χ3v) is 3.59. The molecule has 2 amide bonds. The van der Waals surface area contributed by atoms with Gasteiger partial charge in [-0.1, -0.05) is 12.1 Å². The minimum Gasteiger partial charge on any atom is -0.334 e. The van der Waals surface area contributed by atoms with Gasteiger partial charge < -0.3 is 11.1 Å². The highest BCUT2D eigenvalue weighted by atomic mass is 32.1. The molecule has 1 unspecified atom stereocenters. The van der Waals surface area contributed by atoms with E-state index in [4.69, 9.17) is 11.0 Å². The van der Waals surface area contributed by atoms with Crippen LogP contribution in [0.3, 0.4) is 0 Å². The van der Waals surface area contributed by atoms with E-state index in [1.807, 2.05) is 6.07 Å². The van der Waals surface area contributed by atoms with Gasteiger partial charge in [0.1, 0.15) is 11.4 Å². The number of rotatable bonds is 4. The van der Waals surface area contributed by atoms with Gasteiger partial charge in [-0.15, -0.1) is 11.3 Å². The number of thiazole rings is 1. The van der Waals surface area contributed by atoms with Crippen LogP contribution in [0.25, 0.3) is 0 Å². The van der Waals surface area contributed by atoms with Gasteiger partial charge in [0.2, 0.25) is 0 Å². The minimum atomic E-state index is -1.20. The van der Waals surface area contributed by atoms with Gasteiger partial charge >= 0.3 is 6.03 Å². The van der Waals surface area contributed by atoms with Crippen molar-refractivity contribution in [1.29, 1.82) is 5.26 Å². The zero-order valence-electron chi connectivity index (χ0n) is 11.8. The second-order valence-electron chi connectivity index (χ2n) is 4.79. The number of hydrogen-bond acceptors (Lipinski definition) is 5. The van der Waals surface area contributed by atoms with Crippen LogP contribution in [0.5, 0.6) is 0 Å². The molecule has 114 valence electrons. The number of urea groups is 1. The molecule has 1 aromatic heterocycles. The Hall–Kier alpha value is -2.50. The lowest BCUT2D eigenvalue weighted by atomic mass is 10.0. The summed E-state index contributed by atoms with van der Waals surface area (Å²) in [6.07, 6.45) is 0. The maximum Gasteiger partial charge on any atom is 0.321 e. The molecule has 0 aliphatic heterocycles. The highest BCUT2D eigenvalue weighted by molar-refractivity contribution is 7.13. The first-order valence-corrected chi connectivity index (χ1v) is 7.24. The van der Waals surface area contributed by atoms with Crippen molar-refractivity contribution in [3.05, 3.63) is 46.7 Å². The molecule has 2 aromatic rings. The van der Waals surface area contributed by atoms with Gasteiger partial charge in [0.05, 0.1) is 11.8 Å². The van der Waals surface area contributed by atoms with Crippen molar-refractivity contribution in [1.82, 2.24) is 10.3 Å². The Bertz CT molecular complexity index is 722. The first kappa shape index (κ1) is 15.9. The second-order valence-corrected chi connectivity index (χ2v) is 5.65. The summed E-state index contributed by atoms with van der Waals surface area (Å²) in [6, 6.07) is 7.41. The summed E-state index contributed by atoms with van der Waals surface area (Å²) in [5.41, 5.74) is 5.59. The first-order chi connectivity index (χ1) is 10.4. The van der Waals surface area contributed by atoms with Crippen LogP contribution in [0, 0.1) is 17.1 Å². The van der Waals surface area contributed by atoms with E-state index in [0.29, 0.717) is 16.4 Å². The highest BCUT2D eigenvalue weighted by Gasteiger charge is 2.24. The normalized spacial score (nSPS) is 13.0. The summed E-state index contributed by atoms with van der Waals surface area (Å²) in [5.74, 6) is -0.358. The molecule has 0 aliphatic carbocycles. The van der Waals surface area contributed by atoms with Gasteiger partial charge in [-0.3, -0.25) is 5.32 Å². The molecule has 0 saturated heterocycles. The lowest BCUT2D eigenvalue weighted by Gasteiger charge is -2.11. The number of nitriles is 1. The Morgan fingerprint density at radius 1 is 1.59 bits per heavy atom. The summed E-state index contributed by atoms with van der Waals surface area (Å²) >= 11 is 1.17. The van der Waals surface area contributed by atoms with Crippen LogP contribution in [-0.2, 0) is 12.1 Å². The van der Waals surface area contributed by atoms with Crippen LogP contribution in [0.15, 0.2) is 29.6 Å². The van der Waals surface area contributed by atoms with E-state index in [1.165, 1.54) is 30.4 Å². The minimum absolute atomic E-state index is 0.189. The van der Waals surface area contributed by atoms with E-state index in [1.54, 1.807) is 17.5 Å². The highest BCUT2D eigenvalue weighted by Crippen LogP contribution is 2.22. The molecular formula is C14H14FN5OS. The number of nitrogens with zero attached hydrogens (tertiary/aromatic N) is 2. The molecule has 0 radical (unpaired) electrons. The Kier molecular flexibility index (Phi) is 4.70. The molecule has 0 aliphatic rings. The van der Waals surface area contributed by atoms with E-state index in [0.717, 1.165) is 0 Å². The molecule has 6 nitrogen and oxygen atoms in total. The summed E-state index contributed by atoms with van der Waals surface area (Å²) in [5, 5.41) is 16.0. The number of benzene rings is 1. The molecule has 4 N–H and O–H groups in total. The van der Waals surface area contributed by atoms with Gasteiger partial charge in [-0.25, -0.2) is 14.2 Å². The van der Waals surface area contributed by atoms with Crippen molar-refractivity contribution in [3.63, 3.8) is 0 Å². The molecule has 0 bridgehead atoms. The quantitative estimate of drug-likeness (QED) is 0.804. The van der Waals surface area contributed by atoms with Crippen molar-refractivity contribution in [2.24, 2.45) is 5.73 Å². The van der Waals surface area contributed by atoms with Crippen LogP contribution < -0.4 is 16.4 Å². The Balaban J connectivity index is 1.92. The molecule has 1 atom stereocenters. The Morgan fingerprint density at radius 2 is 2.36 bits per heavy atom. The van der Waals surface area contributed by atoms with Crippen molar-refractivity contribution >= 4 is 22.5 Å². The summed E-state index contributed by atoms with van der Waals surface area (Å²) in [4.78, 5) is 15.9. The van der Waals surface area contributed by atoms with Crippen molar-refractivity contribution < 1.29 is 9.18 Å². The summed E-state index contributed by atoms with van der Waals surface area (Å²) < 4.78 is 13.0. The number of anilines is 1. The predicted octanol–water partition coefficient (Wildman–Crippen LogP) is 2.30. The van der Waals surface area contributed by atoms with Crippen molar-refractivity contribution in [3.8, 4) is 6.07 Å². The number of aromatic nitrogens is 1.